The van der Waals surface area contributed by atoms with E-state index in [1.54, 1.807) is 30.3 Å². The van der Waals surface area contributed by atoms with Crippen LogP contribution < -0.4 is 9.84 Å². The van der Waals surface area contributed by atoms with Gasteiger partial charge in [-0.15, -0.1) is 0 Å². The second-order valence-corrected chi connectivity index (χ2v) is 5.40. The van der Waals surface area contributed by atoms with Gasteiger partial charge in [0.15, 0.2) is 5.78 Å². The number of carbonyl (C=O) groups excluding carboxylic acids is 2. The highest BCUT2D eigenvalue weighted by Crippen LogP contribution is 2.15. The van der Waals surface area contributed by atoms with E-state index in [9.17, 15) is 14.7 Å². The van der Waals surface area contributed by atoms with Crippen LogP contribution in [0.4, 0.5) is 0 Å². The number of rotatable bonds is 7. The summed E-state index contributed by atoms with van der Waals surface area (Å²) in [7, 11) is 0. The zero-order valence-electron chi connectivity index (χ0n) is 13.7. The highest BCUT2D eigenvalue weighted by molar-refractivity contribution is 6.06. The van der Waals surface area contributed by atoms with Gasteiger partial charge in [-0.25, -0.2) is 0 Å². The van der Waals surface area contributed by atoms with Gasteiger partial charge in [-0.05, 0) is 54.8 Å². The molecule has 0 aliphatic carbocycles. The average Bonchev–Trinajstić information content (AvgIpc) is 2.60. The molecule has 2 rings (SSSR count). The Hall–Kier alpha value is -2.88. The zero-order chi connectivity index (χ0) is 17.5. The van der Waals surface area contributed by atoms with E-state index < -0.39 is 12.1 Å². The first-order valence-corrected chi connectivity index (χ1v) is 7.78. The van der Waals surface area contributed by atoms with Crippen molar-refractivity contribution in [3.05, 3.63) is 71.3 Å². The first-order valence-electron chi connectivity index (χ1n) is 7.78. The van der Waals surface area contributed by atoms with Crippen LogP contribution in [0.5, 0.6) is 5.75 Å². The molecular formula is C20H19O4-. The summed E-state index contributed by atoms with van der Waals surface area (Å²) < 4.78 is 5.17. The molecule has 0 heterocycles. The fraction of sp³-hybridized carbons (Fsp3) is 0.200. The Labute approximate surface area is 141 Å². The molecule has 0 fully saturated rings. The third kappa shape index (κ3) is 4.81. The summed E-state index contributed by atoms with van der Waals surface area (Å²) in [5.74, 6) is -1.04. The number of hydrogen-bond acceptors (Lipinski definition) is 4. The maximum Gasteiger partial charge on any atom is 0.185 e. The Bertz CT molecular complexity index is 727. The summed E-state index contributed by atoms with van der Waals surface area (Å²) in [6, 6.07) is 14.4. The highest BCUT2D eigenvalue weighted by atomic mass is 16.5. The molecule has 2 aromatic carbocycles. The number of allylic oxidation sites excluding steroid dienone is 1. The van der Waals surface area contributed by atoms with Gasteiger partial charge in [0.05, 0.1) is 5.97 Å². The van der Waals surface area contributed by atoms with Crippen LogP contribution in [0.2, 0.25) is 0 Å². The normalized spacial score (nSPS) is 12.1. The van der Waals surface area contributed by atoms with Gasteiger partial charge in [0.25, 0.3) is 0 Å². The average molecular weight is 323 g/mol. The van der Waals surface area contributed by atoms with Crippen molar-refractivity contribution in [2.75, 3.05) is 0 Å². The van der Waals surface area contributed by atoms with Gasteiger partial charge in [-0.1, -0.05) is 37.3 Å². The van der Waals surface area contributed by atoms with Crippen LogP contribution in [0.1, 0.15) is 35.3 Å². The van der Waals surface area contributed by atoms with Crippen LogP contribution in [-0.4, -0.2) is 17.9 Å². The zero-order valence-corrected chi connectivity index (χ0v) is 13.7. The molecule has 0 radical (unpaired) electrons. The number of carboxylic acids is 1. The van der Waals surface area contributed by atoms with Crippen molar-refractivity contribution in [2.45, 2.75) is 26.4 Å². The minimum atomic E-state index is -1.29. The lowest BCUT2D eigenvalue weighted by atomic mass is 10.1. The van der Waals surface area contributed by atoms with E-state index in [0.29, 0.717) is 11.3 Å². The molecule has 0 N–H and O–H groups in total. The first kappa shape index (κ1) is 17.5. The molecule has 0 aliphatic rings. The number of carbonyl (C=O) groups is 2. The predicted molar refractivity (Wildman–Crippen MR) is 90.7 cm³/mol. The van der Waals surface area contributed by atoms with Gasteiger partial charge in [-0.2, -0.15) is 0 Å². The Balaban J connectivity index is 2.01. The monoisotopic (exact) mass is 323 g/mol. The van der Waals surface area contributed by atoms with Crippen molar-refractivity contribution in [1.29, 1.82) is 0 Å². The summed E-state index contributed by atoms with van der Waals surface area (Å²) in [5.41, 5.74) is 2.72. The molecule has 24 heavy (non-hydrogen) atoms. The van der Waals surface area contributed by atoms with Gasteiger partial charge in [-0.3, -0.25) is 4.79 Å². The van der Waals surface area contributed by atoms with Crippen molar-refractivity contribution in [3.63, 3.8) is 0 Å². The van der Waals surface area contributed by atoms with Crippen molar-refractivity contribution in [2.24, 2.45) is 0 Å². The molecular weight excluding hydrogens is 304 g/mol. The minimum Gasteiger partial charge on any atom is -0.546 e. The SMILES string of the molecule is CCc1ccc(/C=C/C(=O)c2ccc(O[C@@H](C)C(=O)[O-])cc2)cc1. The van der Waals surface area contributed by atoms with Crippen LogP contribution in [0.15, 0.2) is 54.6 Å². The lowest BCUT2D eigenvalue weighted by Gasteiger charge is -2.15. The van der Waals surface area contributed by atoms with Crippen LogP contribution >= 0.6 is 0 Å². The summed E-state index contributed by atoms with van der Waals surface area (Å²) in [5, 5.41) is 10.6. The molecule has 0 saturated heterocycles. The van der Waals surface area contributed by atoms with E-state index in [-0.39, 0.29) is 5.78 Å². The van der Waals surface area contributed by atoms with E-state index in [1.807, 2.05) is 24.3 Å². The van der Waals surface area contributed by atoms with Gasteiger partial charge >= 0.3 is 0 Å². The maximum absolute atomic E-state index is 12.2. The largest absolute Gasteiger partial charge is 0.546 e. The summed E-state index contributed by atoms with van der Waals surface area (Å²) in [6.45, 7) is 3.48. The lowest BCUT2D eigenvalue weighted by molar-refractivity contribution is -0.312. The highest BCUT2D eigenvalue weighted by Gasteiger charge is 2.06. The Morgan fingerprint density at radius 2 is 1.71 bits per heavy atom. The number of ketones is 1. The fourth-order valence-corrected chi connectivity index (χ4v) is 2.08. The molecule has 0 unspecified atom stereocenters. The van der Waals surface area contributed by atoms with E-state index in [4.69, 9.17) is 4.74 Å². The topological polar surface area (TPSA) is 66.4 Å². The predicted octanol–water partition coefficient (Wildman–Crippen LogP) is 2.66. The number of hydrogen-bond donors (Lipinski definition) is 0. The Morgan fingerprint density at radius 1 is 1.08 bits per heavy atom. The van der Waals surface area contributed by atoms with Gasteiger partial charge < -0.3 is 14.6 Å². The number of carboxylic acid groups (broad SMARTS) is 1. The summed E-state index contributed by atoms with van der Waals surface area (Å²) >= 11 is 0. The number of aryl methyl sites for hydroxylation is 1. The van der Waals surface area contributed by atoms with Gasteiger partial charge in [0.2, 0.25) is 0 Å². The van der Waals surface area contributed by atoms with Gasteiger partial charge in [0, 0.05) is 5.56 Å². The standard InChI is InChI=1S/C20H20O4/c1-3-15-4-6-16(7-5-15)8-13-19(21)17-9-11-18(12-10-17)24-14(2)20(22)23/h4-14H,3H2,1-2H3,(H,22,23)/p-1/b13-8+/t14-/m0/s1. The van der Waals surface area contributed by atoms with Crippen LogP contribution in [-0.2, 0) is 11.2 Å². The molecule has 1 atom stereocenters. The second kappa shape index (κ2) is 8.11. The lowest BCUT2D eigenvalue weighted by Crippen LogP contribution is -2.37. The summed E-state index contributed by atoms with van der Waals surface area (Å²) in [6.07, 6.45) is 3.22. The Kier molecular flexibility index (Phi) is 5.90. The smallest absolute Gasteiger partial charge is 0.185 e. The fourth-order valence-electron chi connectivity index (χ4n) is 2.08. The van der Waals surface area contributed by atoms with Crippen LogP contribution in [0.25, 0.3) is 6.08 Å². The molecule has 0 spiro atoms. The number of aliphatic carboxylic acids is 1. The van der Waals surface area contributed by atoms with E-state index in [2.05, 4.69) is 6.92 Å². The van der Waals surface area contributed by atoms with Crippen molar-refractivity contribution in [1.82, 2.24) is 0 Å². The first-order chi connectivity index (χ1) is 11.5. The molecule has 0 bridgehead atoms. The number of benzene rings is 2. The van der Waals surface area contributed by atoms with E-state index >= 15 is 0 Å². The summed E-state index contributed by atoms with van der Waals surface area (Å²) in [4.78, 5) is 22.8. The second-order valence-electron chi connectivity index (χ2n) is 5.40. The van der Waals surface area contributed by atoms with Crippen molar-refractivity contribution in [3.8, 4) is 5.75 Å². The van der Waals surface area contributed by atoms with Gasteiger partial charge in [0.1, 0.15) is 11.9 Å². The molecule has 4 heteroatoms. The molecule has 124 valence electrons. The third-order valence-corrected chi connectivity index (χ3v) is 3.60. The molecule has 0 aliphatic heterocycles. The third-order valence-electron chi connectivity index (χ3n) is 3.60. The van der Waals surface area contributed by atoms with E-state index in [1.165, 1.54) is 18.6 Å². The number of ether oxygens (including phenoxy) is 1. The molecule has 0 aromatic heterocycles. The quantitative estimate of drug-likeness (QED) is 0.580. The van der Waals surface area contributed by atoms with Crippen LogP contribution in [0, 0.1) is 0 Å². The minimum absolute atomic E-state index is 0.130. The maximum atomic E-state index is 12.2. The molecule has 4 nitrogen and oxygen atoms in total. The van der Waals surface area contributed by atoms with Crippen LogP contribution in [0.3, 0.4) is 0 Å². The van der Waals surface area contributed by atoms with Crippen molar-refractivity contribution < 1.29 is 19.4 Å². The molecule has 2 aromatic rings. The molecule has 0 saturated carbocycles. The van der Waals surface area contributed by atoms with Crippen molar-refractivity contribution >= 4 is 17.8 Å². The Morgan fingerprint density at radius 3 is 2.25 bits per heavy atom. The molecule has 0 amide bonds. The van der Waals surface area contributed by atoms with E-state index in [0.717, 1.165) is 12.0 Å².